The van der Waals surface area contributed by atoms with E-state index in [1.54, 1.807) is 6.20 Å². The first-order valence-corrected chi connectivity index (χ1v) is 23.9. The Bertz CT molecular complexity index is 1900. The maximum Gasteiger partial charge on any atom is 0.434 e. The number of piperazine rings is 1. The van der Waals surface area contributed by atoms with Gasteiger partial charge in [0.1, 0.15) is 62.6 Å². The molecule has 71 heavy (non-hydrogen) atoms. The largest absolute Gasteiger partial charge is 0.434 e. The summed E-state index contributed by atoms with van der Waals surface area (Å²) in [7, 11) is 0. The Kier molecular flexibility index (Phi) is 26.7. The number of piperidine rings is 1. The van der Waals surface area contributed by atoms with Crippen LogP contribution in [0.25, 0.3) is 0 Å². The van der Waals surface area contributed by atoms with Crippen LogP contribution in [0.3, 0.4) is 0 Å². The lowest BCUT2D eigenvalue weighted by atomic mass is 9.91. The molecule has 0 aromatic carbocycles. The number of halogens is 4. The van der Waals surface area contributed by atoms with Gasteiger partial charge in [0.05, 0.1) is 19.3 Å². The number of aliphatic hydroxyl groups excluding tert-OH is 1. The van der Waals surface area contributed by atoms with Gasteiger partial charge in [-0.1, -0.05) is 50.1 Å². The SMILES string of the molecule is C.C.C.O=[N+]([O-])c1nccn1CC(O)CN1CCC(CC2CC2)CC1.O=[N+]([O-])c1nccn1CC([18F])CN1CCCN(CC2CC2)C1.O=[N+]([O-])c1nccn1CC([18F])CN1CCN(CC2CC2)CC1.[19FH].[19FH]. The Morgan fingerprint density at radius 2 is 0.887 bits per heavy atom. The molecule has 0 spiro atoms. The molecule has 0 amide bonds. The Balaban J connectivity index is 0.000000353. The lowest BCUT2D eigenvalue weighted by molar-refractivity contribution is -0.397. The first-order valence-electron chi connectivity index (χ1n) is 23.9. The second-order valence-electron chi connectivity index (χ2n) is 19.3. The zero-order valence-electron chi connectivity index (χ0n) is 38.8. The van der Waals surface area contributed by atoms with Gasteiger partial charge in [-0.15, -0.1) is 0 Å². The molecule has 25 heteroatoms. The van der Waals surface area contributed by atoms with E-state index in [2.05, 4.69) is 39.5 Å². The first-order chi connectivity index (χ1) is 31.8. The molecule has 6 fully saturated rings. The maximum absolute atomic E-state index is 14.3. The second-order valence-corrected chi connectivity index (χ2v) is 19.3. The minimum absolute atomic E-state index is 0. The van der Waals surface area contributed by atoms with Crippen LogP contribution in [0.15, 0.2) is 37.2 Å². The number of likely N-dealkylation sites (tertiary alicyclic amines) is 1. The van der Waals surface area contributed by atoms with Gasteiger partial charge in [-0.2, -0.15) is 0 Å². The van der Waals surface area contributed by atoms with Crippen molar-refractivity contribution in [2.75, 3.05) is 91.8 Å². The molecule has 3 unspecified atom stereocenters. The molecular formula is C46H82F4N14O7. The monoisotopic (exact) mass is 1020 g/mol. The third-order valence-electron chi connectivity index (χ3n) is 13.5. The predicted octanol–water partition coefficient (Wildman–Crippen LogP) is 6.54. The highest BCUT2D eigenvalue weighted by molar-refractivity contribution is 5.08. The number of alkyl halides is 2. The summed E-state index contributed by atoms with van der Waals surface area (Å²) in [6.45, 7) is 12.3. The van der Waals surface area contributed by atoms with Crippen molar-refractivity contribution in [1.82, 2.24) is 53.2 Å². The summed E-state index contributed by atoms with van der Waals surface area (Å²) in [5.41, 5.74) is 0. The summed E-state index contributed by atoms with van der Waals surface area (Å²) in [5, 5.41) is 42.6. The number of nitro groups is 3. The molecule has 21 nitrogen and oxygen atoms in total. The van der Waals surface area contributed by atoms with E-state index in [9.17, 15) is 44.2 Å². The van der Waals surface area contributed by atoms with Crippen LogP contribution in [-0.2, 0) is 19.6 Å². The average Bonchev–Trinajstić information content (AvgIpc) is 4.25. The molecule has 3 atom stereocenters. The maximum atomic E-state index is 14.3. The number of β-amino-alcohol motifs (C(OH)–C–C–N with tert-alkyl or cyclic N) is 1. The lowest BCUT2D eigenvalue weighted by Gasteiger charge is -2.36. The van der Waals surface area contributed by atoms with Gasteiger partial charge in [-0.05, 0) is 103 Å². The zero-order valence-corrected chi connectivity index (χ0v) is 38.8. The van der Waals surface area contributed by atoms with Crippen molar-refractivity contribution in [1.29, 1.82) is 0 Å². The Hall–Kier alpha value is -4.69. The Morgan fingerprint density at radius 1 is 0.507 bits per heavy atom. The van der Waals surface area contributed by atoms with Crippen LogP contribution in [-0.4, -0.2) is 183 Å². The molecule has 1 N–H and O–H groups in total. The van der Waals surface area contributed by atoms with Crippen molar-refractivity contribution in [2.24, 2.45) is 23.7 Å². The Morgan fingerprint density at radius 3 is 1.34 bits per heavy atom. The quantitative estimate of drug-likeness (QED) is 0.0681. The van der Waals surface area contributed by atoms with Crippen molar-refractivity contribution in [3.63, 3.8) is 0 Å². The van der Waals surface area contributed by atoms with Gasteiger partial charge in [0.15, 0.2) is 0 Å². The summed E-state index contributed by atoms with van der Waals surface area (Å²) in [4.78, 5) is 53.0. The number of aromatic nitrogens is 6. The summed E-state index contributed by atoms with van der Waals surface area (Å²) >= 11 is 0. The van der Waals surface area contributed by atoms with Gasteiger partial charge in [-0.25, -0.2) is 22.5 Å². The van der Waals surface area contributed by atoms with Crippen molar-refractivity contribution < 1.29 is 38.1 Å². The minimum Gasteiger partial charge on any atom is -0.390 e. The highest BCUT2D eigenvalue weighted by atomic mass is 19.0. The highest BCUT2D eigenvalue weighted by Gasteiger charge is 2.31. The normalized spacial score (nSPS) is 20.3. The van der Waals surface area contributed by atoms with Gasteiger partial charge < -0.3 is 45.2 Å². The lowest BCUT2D eigenvalue weighted by Crippen LogP contribution is -2.48. The van der Waals surface area contributed by atoms with E-state index in [1.807, 2.05) is 0 Å². The number of aliphatic hydroxyl groups is 1. The van der Waals surface area contributed by atoms with E-state index < -0.39 is 33.2 Å². The zero-order chi connectivity index (χ0) is 46.6. The van der Waals surface area contributed by atoms with Crippen molar-refractivity contribution in [3.05, 3.63) is 67.5 Å². The van der Waals surface area contributed by atoms with Crippen molar-refractivity contribution >= 4 is 17.8 Å². The van der Waals surface area contributed by atoms with Gasteiger partial charge in [-0.3, -0.25) is 24.1 Å². The topological polar surface area (TPSA) is 219 Å². The molecule has 3 aromatic heterocycles. The fraction of sp³-hybridized carbons (Fsp3) is 0.804. The van der Waals surface area contributed by atoms with E-state index in [0.29, 0.717) is 19.6 Å². The van der Waals surface area contributed by atoms with Gasteiger partial charge in [0, 0.05) is 72.0 Å². The fourth-order valence-corrected chi connectivity index (χ4v) is 9.49. The van der Waals surface area contributed by atoms with Crippen molar-refractivity contribution in [3.8, 4) is 0 Å². The van der Waals surface area contributed by atoms with Crippen LogP contribution in [0.2, 0.25) is 0 Å². The van der Waals surface area contributed by atoms with E-state index >= 15 is 0 Å². The molecule has 3 saturated carbocycles. The minimum atomic E-state index is -1.13. The van der Waals surface area contributed by atoms with E-state index in [1.165, 1.54) is 109 Å². The molecule has 6 aliphatic rings. The van der Waals surface area contributed by atoms with Gasteiger partial charge >= 0.3 is 17.8 Å². The van der Waals surface area contributed by atoms with E-state index in [4.69, 9.17) is 0 Å². The summed E-state index contributed by atoms with van der Waals surface area (Å²) < 4.78 is 32.4. The van der Waals surface area contributed by atoms with Crippen LogP contribution in [0, 0.1) is 54.0 Å². The van der Waals surface area contributed by atoms with Gasteiger partial charge in [0.25, 0.3) is 0 Å². The molecule has 3 aliphatic carbocycles. The van der Waals surface area contributed by atoms with Crippen LogP contribution in [0.1, 0.15) is 86.5 Å². The summed E-state index contributed by atoms with van der Waals surface area (Å²) in [6.07, 6.45) is 18.8. The fourth-order valence-electron chi connectivity index (χ4n) is 9.49. The molecule has 6 heterocycles. The highest BCUT2D eigenvalue weighted by Crippen LogP contribution is 2.38. The van der Waals surface area contributed by atoms with Crippen LogP contribution >= 0.6 is 0 Å². The number of hydrogen-bond donors (Lipinski definition) is 1. The van der Waals surface area contributed by atoms with Gasteiger partial charge in [0.2, 0.25) is 0 Å². The number of imidazole rings is 3. The standard InChI is InChI=1S/C15H24N4O3.2C14H22FN5O2.3CH4.2FH/c20-14(11-18-8-5-16-15(18)19(21)22)10-17-6-3-13(4-7-17)9-12-1-2-12;15-13(10-19-7-4-16-14(19)20(21)22)9-18-6-1-5-17(11-18)8-12-2-3-12;15-13(11-19-4-3-16-14(19)20(21)22)10-18-7-5-17(6-8-18)9-12-1-2-12;;;;;/h5,8,12-14,20H,1-4,6-7,9-11H2;4,7,12-13H,1-3,5-6,8-11H2;3-4,12-13H,1-2,5-11H2;3*1H4;2*1H/i;2*15-1;;;;2*1+0. The van der Waals surface area contributed by atoms with E-state index in [0.717, 1.165) is 95.7 Å². The molecule has 3 aliphatic heterocycles. The molecule has 0 radical (unpaired) electrons. The third-order valence-corrected chi connectivity index (χ3v) is 13.5. The van der Waals surface area contributed by atoms with Crippen LogP contribution < -0.4 is 0 Å². The second kappa shape index (κ2) is 30.4. The summed E-state index contributed by atoms with van der Waals surface area (Å²) in [6, 6.07) is 0. The number of hydrogen-bond acceptors (Lipinski definition) is 15. The molecule has 9 rings (SSSR count). The third kappa shape index (κ3) is 20.8. The Labute approximate surface area is 415 Å². The molecule has 3 aromatic rings. The van der Waals surface area contributed by atoms with Crippen LogP contribution in [0.5, 0.6) is 0 Å². The van der Waals surface area contributed by atoms with Crippen molar-refractivity contribution in [2.45, 2.75) is 125 Å². The smallest absolute Gasteiger partial charge is 0.390 e. The first kappa shape index (κ1) is 62.4. The average molecular weight is 1020 g/mol. The predicted molar refractivity (Wildman–Crippen MR) is 265 cm³/mol. The molecule has 406 valence electrons. The number of rotatable bonds is 21. The van der Waals surface area contributed by atoms with Crippen LogP contribution in [0.4, 0.5) is 36.0 Å². The molecule has 3 saturated heterocycles. The molecule has 0 bridgehead atoms. The van der Waals surface area contributed by atoms with E-state index in [-0.39, 0.29) is 69.2 Å². The molecular weight excluding hydrogens is 935 g/mol. The summed E-state index contributed by atoms with van der Waals surface area (Å²) in [5.74, 6) is 2.78. The number of nitrogens with zero attached hydrogens (tertiary/aromatic N) is 14.